The van der Waals surface area contributed by atoms with Gasteiger partial charge in [0, 0.05) is 35.2 Å². The molecule has 4 nitrogen and oxygen atoms in total. The molecule has 9 heteroatoms. The van der Waals surface area contributed by atoms with Crippen molar-refractivity contribution in [2.24, 2.45) is 0 Å². The second-order valence-corrected chi connectivity index (χ2v) is 50.6. The van der Waals surface area contributed by atoms with Gasteiger partial charge in [-0.05, 0) is 83.1 Å². The van der Waals surface area contributed by atoms with Gasteiger partial charge in [0.05, 0.1) is 0 Å². The molecule has 0 radical (unpaired) electrons. The zero-order valence-corrected chi connectivity index (χ0v) is 78.2. The SMILES string of the molecule is CC1=CC(C)([N-]C2([SiH](C)C)CCCCCCCCCCC2)C(C)=C1C.CC1=CC(C)([N-]C2([SiH](C)C)CCCCCCCCCCC2)C(C)=C1C.CC1=CC(C)([N-]C2([SiH](C)C)CCCCCCCCCCC2)C(C)=C1C.CC1=CC(C)([N-]C2([SiH](C)C)CCCCCCCCCCC2)C(C)=C1C.[Ti+4]. The Morgan fingerprint density at radius 1 is 0.208 bits per heavy atom. The zero-order chi connectivity index (χ0) is 74.0. The van der Waals surface area contributed by atoms with Crippen molar-refractivity contribution in [2.45, 2.75) is 488 Å². The van der Waals surface area contributed by atoms with Gasteiger partial charge in [-0.25, -0.2) is 0 Å². The van der Waals surface area contributed by atoms with Crippen LogP contribution in [0, 0.1) is 0 Å². The van der Waals surface area contributed by atoms with Crippen LogP contribution in [0.2, 0.25) is 52.4 Å². The molecule has 0 aromatic rings. The second-order valence-electron chi connectivity index (χ2n) is 37.1. The fourth-order valence-corrected chi connectivity index (χ4v) is 28.1. The summed E-state index contributed by atoms with van der Waals surface area (Å²) < 4.78 is 0. The van der Waals surface area contributed by atoms with Crippen LogP contribution >= 0.6 is 0 Å². The maximum Gasteiger partial charge on any atom is 4.00 e. The first-order valence-corrected chi connectivity index (χ1v) is 55.2. The minimum Gasteiger partial charge on any atom is -0.647 e. The normalized spacial score (nSPS) is 29.0. The van der Waals surface area contributed by atoms with Gasteiger partial charge in [-0.1, -0.05) is 476 Å². The van der Waals surface area contributed by atoms with Crippen LogP contribution in [0.4, 0.5) is 0 Å². The Kier molecular flexibility index (Phi) is 40.6. The maximum atomic E-state index is 5.74. The molecule has 8 rings (SSSR count). The Labute approximate surface area is 653 Å². The van der Waals surface area contributed by atoms with Crippen LogP contribution in [0.3, 0.4) is 0 Å². The van der Waals surface area contributed by atoms with Gasteiger partial charge in [-0.15, -0.1) is 20.6 Å². The number of allylic oxidation sites excluding steroid dienone is 8. The van der Waals surface area contributed by atoms with Crippen LogP contribution in [0.15, 0.2) is 91.2 Å². The summed E-state index contributed by atoms with van der Waals surface area (Å²) in [4.78, 5) is 0. The first-order chi connectivity index (χ1) is 47.2. The topological polar surface area (TPSA) is 56.4 Å². The molecule has 576 valence electrons. The van der Waals surface area contributed by atoms with E-state index in [0.717, 1.165) is 0 Å². The van der Waals surface area contributed by atoms with Crippen molar-refractivity contribution in [1.82, 2.24) is 0 Å². The molecule has 0 spiro atoms. The quantitative estimate of drug-likeness (QED) is 0.175. The molecule has 0 aromatic heterocycles. The Bertz CT molecular complexity index is 2340. The third-order valence-electron chi connectivity index (χ3n) is 28.6. The number of hydrogen-bond donors (Lipinski definition) is 0. The summed E-state index contributed by atoms with van der Waals surface area (Å²) in [5.74, 6) is 0. The van der Waals surface area contributed by atoms with E-state index >= 15 is 0 Å². The summed E-state index contributed by atoms with van der Waals surface area (Å²) in [6, 6.07) is 0. The van der Waals surface area contributed by atoms with Gasteiger partial charge in [0.2, 0.25) is 0 Å². The average molecular weight is 1490 g/mol. The van der Waals surface area contributed by atoms with Gasteiger partial charge < -0.3 is 21.3 Å². The van der Waals surface area contributed by atoms with Crippen molar-refractivity contribution in [3.63, 3.8) is 0 Å². The Hall–Kier alpha value is -0.658. The predicted molar refractivity (Wildman–Crippen MR) is 465 cm³/mol. The summed E-state index contributed by atoms with van der Waals surface area (Å²) in [6.45, 7) is 57.3. The third kappa shape index (κ3) is 26.8. The maximum absolute atomic E-state index is 5.74. The molecule has 0 aliphatic heterocycles. The van der Waals surface area contributed by atoms with E-state index < -0.39 is 35.2 Å². The van der Waals surface area contributed by atoms with Crippen molar-refractivity contribution in [2.75, 3.05) is 0 Å². The van der Waals surface area contributed by atoms with E-state index in [4.69, 9.17) is 21.3 Å². The second kappa shape index (κ2) is 44.3. The minimum atomic E-state index is -0.884. The van der Waals surface area contributed by atoms with Crippen molar-refractivity contribution in [1.29, 1.82) is 0 Å². The standard InChI is InChI=1S/4C23H42NSi.Ti/c4*1-19-18-22(4,21(3)20(19)2)24-23(25(5)6)16-14-12-10-8-7-9-11-13-15-17-23;/h4*18,25H,7-17H2,1-6H3;/q4*-1;+4. The summed E-state index contributed by atoms with van der Waals surface area (Å²) >= 11 is 0. The van der Waals surface area contributed by atoms with Crippen molar-refractivity contribution >= 4 is 35.2 Å². The molecule has 8 aliphatic carbocycles. The van der Waals surface area contributed by atoms with E-state index in [-0.39, 0.29) is 64.5 Å². The van der Waals surface area contributed by atoms with Gasteiger partial charge in [0.1, 0.15) is 0 Å². The zero-order valence-electron chi connectivity index (χ0n) is 72.0. The van der Waals surface area contributed by atoms with Gasteiger partial charge in [-0.3, -0.25) is 0 Å². The molecule has 0 aromatic carbocycles. The molecule has 8 aliphatic rings. The summed E-state index contributed by atoms with van der Waals surface area (Å²) in [5.41, 5.74) is 17.4. The smallest absolute Gasteiger partial charge is 0.647 e. The molecule has 0 amide bonds. The average Bonchev–Trinajstić information content (AvgIpc) is 1.60. The molecule has 0 bridgehead atoms. The van der Waals surface area contributed by atoms with Gasteiger partial charge >= 0.3 is 21.7 Å². The fraction of sp³-hybridized carbons (Fsp3) is 0.826. The first kappa shape index (κ1) is 92.7. The molecule has 4 atom stereocenters. The van der Waals surface area contributed by atoms with E-state index in [1.807, 2.05) is 0 Å². The van der Waals surface area contributed by atoms with Crippen LogP contribution in [-0.2, 0) is 21.7 Å². The summed E-state index contributed by atoms with van der Waals surface area (Å²) in [7, 11) is -3.54. The summed E-state index contributed by atoms with van der Waals surface area (Å²) in [6.07, 6.45) is 71.8. The van der Waals surface area contributed by atoms with Crippen LogP contribution in [-0.4, -0.2) is 78.0 Å². The first-order valence-electron chi connectivity index (χ1n) is 43.7. The molecular formula is C92H168N4Si4Ti. The van der Waals surface area contributed by atoms with E-state index in [1.54, 1.807) is 0 Å². The van der Waals surface area contributed by atoms with Crippen LogP contribution in [0.1, 0.15) is 393 Å². The third-order valence-corrected chi connectivity index (χ3v) is 40.1. The molecule has 0 saturated heterocycles. The number of hydrogen-bond acceptors (Lipinski definition) is 0. The molecule has 101 heavy (non-hydrogen) atoms. The molecule has 0 N–H and O–H groups in total. The monoisotopic (exact) mass is 1490 g/mol. The fourth-order valence-electron chi connectivity index (χ4n) is 19.7. The molecule has 4 saturated carbocycles. The van der Waals surface area contributed by atoms with Crippen LogP contribution in [0.5, 0.6) is 0 Å². The van der Waals surface area contributed by atoms with E-state index in [1.165, 1.54) is 349 Å². The number of nitrogens with zero attached hydrogens (tertiary/aromatic N) is 4. The molecular weight excluding hydrogens is 1320 g/mol. The van der Waals surface area contributed by atoms with Crippen molar-refractivity contribution in [3.8, 4) is 0 Å². The molecule has 4 unspecified atom stereocenters. The Morgan fingerprint density at radius 2 is 0.317 bits per heavy atom. The molecule has 4 fully saturated rings. The van der Waals surface area contributed by atoms with E-state index in [2.05, 4.69) is 187 Å². The molecule has 0 heterocycles. The van der Waals surface area contributed by atoms with Crippen molar-refractivity contribution in [3.05, 3.63) is 112 Å². The van der Waals surface area contributed by atoms with Gasteiger partial charge in [-0.2, -0.15) is 0 Å². The van der Waals surface area contributed by atoms with Gasteiger partial charge in [0.25, 0.3) is 0 Å². The van der Waals surface area contributed by atoms with Crippen LogP contribution in [0.25, 0.3) is 21.3 Å². The Balaban J connectivity index is 0.000000285. The predicted octanol–water partition coefficient (Wildman–Crippen LogP) is 29.9. The van der Waals surface area contributed by atoms with E-state index in [9.17, 15) is 0 Å². The van der Waals surface area contributed by atoms with Crippen molar-refractivity contribution < 1.29 is 21.7 Å². The minimum absolute atomic E-state index is 0. The largest absolute Gasteiger partial charge is 4.00 e. The van der Waals surface area contributed by atoms with Crippen LogP contribution < -0.4 is 0 Å². The van der Waals surface area contributed by atoms with Gasteiger partial charge in [0.15, 0.2) is 0 Å². The summed E-state index contributed by atoms with van der Waals surface area (Å²) in [5, 5.41) is 24.1. The van der Waals surface area contributed by atoms with E-state index in [0.29, 0.717) is 0 Å². The Morgan fingerprint density at radius 3 is 0.406 bits per heavy atom. The number of rotatable bonds is 12.